The lowest BCUT2D eigenvalue weighted by atomic mass is 10.0. The smallest absolute Gasteiger partial charge is 0.307 e. The van der Waals surface area contributed by atoms with E-state index in [1.165, 1.54) is 4.31 Å². The van der Waals surface area contributed by atoms with Gasteiger partial charge in [0.1, 0.15) is 0 Å². The summed E-state index contributed by atoms with van der Waals surface area (Å²) in [5.41, 5.74) is 0. The number of hydrogen-bond donors (Lipinski definition) is 1. The van der Waals surface area contributed by atoms with Gasteiger partial charge in [0.15, 0.2) is 0 Å². The van der Waals surface area contributed by atoms with E-state index in [1.54, 1.807) is 18.2 Å². The fourth-order valence-corrected chi connectivity index (χ4v) is 4.46. The zero-order valence-electron chi connectivity index (χ0n) is 10.1. The summed E-state index contributed by atoms with van der Waals surface area (Å²) < 4.78 is 27.0. The summed E-state index contributed by atoms with van der Waals surface area (Å²) in [5.74, 6) is -1.53. The first kappa shape index (κ1) is 14.7. The van der Waals surface area contributed by atoms with Crippen LogP contribution in [-0.2, 0) is 14.8 Å². The van der Waals surface area contributed by atoms with Gasteiger partial charge in [-0.05, 0) is 53.6 Å². The molecule has 2 rings (SSSR count). The van der Waals surface area contributed by atoms with Gasteiger partial charge in [0.25, 0.3) is 0 Å². The number of piperidine rings is 1. The number of halogens is 1. The molecule has 0 aliphatic carbocycles. The Labute approximate surface area is 125 Å². The summed E-state index contributed by atoms with van der Waals surface area (Å²) in [5, 5.41) is 9.01. The zero-order chi connectivity index (χ0) is 14.0. The maximum Gasteiger partial charge on any atom is 0.307 e. The molecule has 1 aliphatic heterocycles. The third-order valence-corrected chi connectivity index (χ3v) is 5.70. The number of rotatable bonds is 3. The van der Waals surface area contributed by atoms with E-state index in [4.69, 9.17) is 5.11 Å². The Hall–Kier alpha value is -0.670. The topological polar surface area (TPSA) is 74.7 Å². The van der Waals surface area contributed by atoms with Crippen LogP contribution in [-0.4, -0.2) is 36.9 Å². The fraction of sp³-hybridized carbons (Fsp3) is 0.417. The summed E-state index contributed by atoms with van der Waals surface area (Å²) in [6.45, 7) is 0.445. The molecule has 7 heteroatoms. The molecule has 0 bridgehead atoms. The first-order valence-corrected chi connectivity index (χ1v) is 8.41. The molecule has 1 N–H and O–H groups in total. The molecule has 0 aromatic heterocycles. The van der Waals surface area contributed by atoms with Gasteiger partial charge in [0.2, 0.25) is 10.0 Å². The summed E-state index contributed by atoms with van der Waals surface area (Å²) >= 11 is 2.05. The fourth-order valence-electron chi connectivity index (χ4n) is 2.14. The van der Waals surface area contributed by atoms with Crippen LogP contribution in [0.3, 0.4) is 0 Å². The molecule has 104 valence electrons. The van der Waals surface area contributed by atoms with Crippen molar-refractivity contribution in [3.8, 4) is 0 Å². The minimum Gasteiger partial charge on any atom is -0.481 e. The first-order valence-electron chi connectivity index (χ1n) is 5.90. The number of benzene rings is 1. The van der Waals surface area contributed by atoms with Crippen molar-refractivity contribution in [2.24, 2.45) is 5.92 Å². The molecule has 1 aromatic rings. The molecule has 0 radical (unpaired) electrons. The van der Waals surface area contributed by atoms with Crippen LogP contribution < -0.4 is 0 Å². The van der Waals surface area contributed by atoms with E-state index < -0.39 is 21.9 Å². The molecule has 1 unspecified atom stereocenters. The lowest BCUT2D eigenvalue weighted by Crippen LogP contribution is -2.42. The molecule has 5 nitrogen and oxygen atoms in total. The number of sulfonamides is 1. The largest absolute Gasteiger partial charge is 0.481 e. The van der Waals surface area contributed by atoms with Crippen molar-refractivity contribution in [1.82, 2.24) is 4.31 Å². The lowest BCUT2D eigenvalue weighted by molar-refractivity contribution is -0.142. The minimum atomic E-state index is -3.59. The Morgan fingerprint density at radius 2 is 2.16 bits per heavy atom. The van der Waals surface area contributed by atoms with Gasteiger partial charge in [-0.2, -0.15) is 4.31 Å². The van der Waals surface area contributed by atoms with E-state index in [9.17, 15) is 13.2 Å². The Morgan fingerprint density at radius 1 is 1.42 bits per heavy atom. The van der Waals surface area contributed by atoms with Gasteiger partial charge >= 0.3 is 5.97 Å². The summed E-state index contributed by atoms with van der Waals surface area (Å²) in [6, 6.07) is 6.64. The summed E-state index contributed by atoms with van der Waals surface area (Å²) in [4.78, 5) is 11.2. The molecule has 1 aliphatic rings. The Morgan fingerprint density at radius 3 is 2.79 bits per heavy atom. The Kier molecular flexibility index (Phi) is 4.46. The van der Waals surface area contributed by atoms with Crippen molar-refractivity contribution in [1.29, 1.82) is 0 Å². The molecule has 1 atom stereocenters. The van der Waals surface area contributed by atoms with Gasteiger partial charge < -0.3 is 5.11 Å². The molecule has 1 heterocycles. The first-order chi connectivity index (χ1) is 8.91. The van der Waals surface area contributed by atoms with Crippen molar-refractivity contribution in [3.63, 3.8) is 0 Å². The minimum absolute atomic E-state index is 0.0587. The second kappa shape index (κ2) is 5.76. The maximum absolute atomic E-state index is 12.4. The van der Waals surface area contributed by atoms with Crippen LogP contribution in [0.4, 0.5) is 0 Å². The monoisotopic (exact) mass is 395 g/mol. The highest BCUT2D eigenvalue weighted by Crippen LogP contribution is 2.24. The number of aliphatic carboxylic acids is 1. The van der Waals surface area contributed by atoms with Gasteiger partial charge in [-0.15, -0.1) is 0 Å². The number of nitrogens with zero attached hydrogens (tertiary/aromatic N) is 1. The van der Waals surface area contributed by atoms with E-state index in [0.717, 1.165) is 3.57 Å². The molecule has 1 saturated heterocycles. The van der Waals surface area contributed by atoms with Crippen molar-refractivity contribution in [2.45, 2.75) is 17.7 Å². The second-order valence-electron chi connectivity index (χ2n) is 4.50. The van der Waals surface area contributed by atoms with Crippen LogP contribution in [0.15, 0.2) is 29.2 Å². The van der Waals surface area contributed by atoms with E-state index in [-0.39, 0.29) is 11.4 Å². The molecule has 19 heavy (non-hydrogen) atoms. The van der Waals surface area contributed by atoms with Crippen LogP contribution in [0.1, 0.15) is 12.8 Å². The number of hydrogen-bond acceptors (Lipinski definition) is 3. The van der Waals surface area contributed by atoms with Crippen molar-refractivity contribution < 1.29 is 18.3 Å². The van der Waals surface area contributed by atoms with Gasteiger partial charge in [-0.3, -0.25) is 4.79 Å². The van der Waals surface area contributed by atoms with Crippen LogP contribution in [0, 0.1) is 9.49 Å². The van der Waals surface area contributed by atoms with E-state index >= 15 is 0 Å². The lowest BCUT2D eigenvalue weighted by Gasteiger charge is -2.29. The van der Waals surface area contributed by atoms with E-state index in [2.05, 4.69) is 22.6 Å². The second-order valence-corrected chi connectivity index (χ2v) is 7.68. The normalized spacial score (nSPS) is 21.2. The highest BCUT2D eigenvalue weighted by molar-refractivity contribution is 14.1. The van der Waals surface area contributed by atoms with Gasteiger partial charge in [0.05, 0.1) is 10.8 Å². The number of carboxylic acids is 1. The predicted molar refractivity (Wildman–Crippen MR) is 78.3 cm³/mol. The molecule has 0 spiro atoms. The Bertz CT molecular complexity index is 587. The van der Waals surface area contributed by atoms with Crippen LogP contribution >= 0.6 is 22.6 Å². The number of carboxylic acid groups (broad SMARTS) is 1. The third-order valence-electron chi connectivity index (χ3n) is 3.17. The average molecular weight is 395 g/mol. The maximum atomic E-state index is 12.4. The Balaban J connectivity index is 2.27. The SMILES string of the molecule is O=C(O)C1CCCN(S(=O)(=O)c2cccc(I)c2)C1. The van der Waals surface area contributed by atoms with Crippen LogP contribution in [0.5, 0.6) is 0 Å². The third kappa shape index (κ3) is 3.26. The quantitative estimate of drug-likeness (QED) is 0.792. The average Bonchev–Trinajstić information content (AvgIpc) is 2.39. The number of carbonyl (C=O) groups is 1. The summed E-state index contributed by atoms with van der Waals surface area (Å²) in [6.07, 6.45) is 1.12. The summed E-state index contributed by atoms with van der Waals surface area (Å²) in [7, 11) is -3.59. The van der Waals surface area contributed by atoms with Crippen molar-refractivity contribution >= 4 is 38.6 Å². The van der Waals surface area contributed by atoms with Gasteiger partial charge in [0, 0.05) is 16.7 Å². The van der Waals surface area contributed by atoms with Gasteiger partial charge in [-0.25, -0.2) is 8.42 Å². The predicted octanol–water partition coefficient (Wildman–Crippen LogP) is 1.78. The molecule has 0 amide bonds. The molecule has 1 aromatic carbocycles. The van der Waals surface area contributed by atoms with Gasteiger partial charge in [-0.1, -0.05) is 6.07 Å². The van der Waals surface area contributed by atoms with E-state index in [0.29, 0.717) is 19.4 Å². The molecular weight excluding hydrogens is 381 g/mol. The molecule has 0 saturated carbocycles. The van der Waals surface area contributed by atoms with Crippen molar-refractivity contribution in [3.05, 3.63) is 27.8 Å². The molecule has 1 fully saturated rings. The highest BCUT2D eigenvalue weighted by Gasteiger charge is 2.33. The standard InChI is InChI=1S/C12H14INO4S/c13-10-4-1-5-11(7-10)19(17,18)14-6-2-3-9(8-14)12(15)16/h1,4-5,7,9H,2-3,6,8H2,(H,15,16). The van der Waals surface area contributed by atoms with Crippen LogP contribution in [0.25, 0.3) is 0 Å². The van der Waals surface area contributed by atoms with Crippen LogP contribution in [0.2, 0.25) is 0 Å². The highest BCUT2D eigenvalue weighted by atomic mass is 127. The van der Waals surface area contributed by atoms with Crippen molar-refractivity contribution in [2.75, 3.05) is 13.1 Å². The van der Waals surface area contributed by atoms with E-state index in [1.807, 2.05) is 6.07 Å². The molecular formula is C12H14INO4S. The zero-order valence-corrected chi connectivity index (χ0v) is 13.1.